The number of nitrogens with one attached hydrogen (secondary N) is 1. The van der Waals surface area contributed by atoms with E-state index >= 15 is 0 Å². The molecule has 8 nitrogen and oxygen atoms in total. The third-order valence-corrected chi connectivity index (χ3v) is 8.72. The van der Waals surface area contributed by atoms with E-state index in [0.717, 1.165) is 19.3 Å². The molecule has 2 aliphatic carbocycles. The highest BCUT2D eigenvalue weighted by atomic mass is 32.2. The lowest BCUT2D eigenvalue weighted by Gasteiger charge is -2.50. The van der Waals surface area contributed by atoms with Crippen molar-refractivity contribution in [3.63, 3.8) is 0 Å². The average Bonchev–Trinajstić information content (AvgIpc) is 2.70. The number of hydrogen-bond donors (Lipinski definition) is 2. The molecule has 2 bridgehead atoms. The molecule has 5 unspecified atom stereocenters. The maximum Gasteiger partial charge on any atom is 0.284 e. The molecule has 0 aromatic heterocycles. The molecule has 3 rings (SSSR count). The summed E-state index contributed by atoms with van der Waals surface area (Å²) in [5.74, 6) is 0.590. The van der Waals surface area contributed by atoms with Gasteiger partial charge in [0.05, 0.1) is 4.92 Å². The second-order valence-corrected chi connectivity index (χ2v) is 11.4. The lowest BCUT2D eigenvalue weighted by molar-refractivity contribution is -0.387. The number of para-hydroxylation sites is 1. The fraction of sp³-hybridized carbons (Fsp3) is 0.652. The van der Waals surface area contributed by atoms with Gasteiger partial charge in [0.2, 0.25) is 11.8 Å². The van der Waals surface area contributed by atoms with Crippen LogP contribution in [0.25, 0.3) is 0 Å². The van der Waals surface area contributed by atoms with Crippen molar-refractivity contribution in [3.05, 3.63) is 34.4 Å². The van der Waals surface area contributed by atoms with Crippen LogP contribution in [0.1, 0.15) is 53.4 Å². The Morgan fingerprint density at radius 1 is 1.28 bits per heavy atom. The van der Waals surface area contributed by atoms with Gasteiger partial charge in [-0.3, -0.25) is 19.7 Å². The Hall–Kier alpha value is -2.13. The van der Waals surface area contributed by atoms with Crippen LogP contribution < -0.4 is 11.1 Å². The highest BCUT2D eigenvalue weighted by molar-refractivity contribution is 7.97. The molecular weight excluding hydrogens is 428 g/mol. The van der Waals surface area contributed by atoms with Gasteiger partial charge < -0.3 is 11.1 Å². The number of carbonyl (C=O) groups is 2. The Morgan fingerprint density at radius 3 is 2.56 bits per heavy atom. The molecule has 9 heteroatoms. The third-order valence-electron chi connectivity index (χ3n) is 7.45. The lowest BCUT2D eigenvalue weighted by atomic mass is 9.57. The summed E-state index contributed by atoms with van der Waals surface area (Å²) in [7, 11) is 1.77. The van der Waals surface area contributed by atoms with Crippen LogP contribution in [0.4, 0.5) is 5.69 Å². The standard InChI is InChI=1S/C23H34N4O4S/c1-14-10-15-11-16(13-23(4,12-15)20(24)28)19(14)25-21(29)22(2,3)26(5)32-18-9-7-6-8-17(18)27(30)31/h6-9,14-16,19H,10-13H2,1-5H3,(H2,24,28)(H,25,29). The Labute approximate surface area is 194 Å². The average molecular weight is 463 g/mol. The lowest BCUT2D eigenvalue weighted by Crippen LogP contribution is -2.59. The predicted octanol–water partition coefficient (Wildman–Crippen LogP) is 3.74. The number of hydrogen-bond acceptors (Lipinski definition) is 6. The monoisotopic (exact) mass is 462 g/mol. The molecule has 176 valence electrons. The van der Waals surface area contributed by atoms with Gasteiger partial charge >= 0.3 is 0 Å². The Kier molecular flexibility index (Phi) is 6.91. The third kappa shape index (κ3) is 4.78. The maximum atomic E-state index is 13.4. The number of likely N-dealkylation sites (N-methyl/N-ethyl adjacent to an activating group) is 1. The normalized spacial score (nSPS) is 30.1. The van der Waals surface area contributed by atoms with Crippen LogP contribution in [0.2, 0.25) is 0 Å². The van der Waals surface area contributed by atoms with Crippen LogP contribution in [0.5, 0.6) is 0 Å². The summed E-state index contributed by atoms with van der Waals surface area (Å²) in [5, 5.41) is 14.6. The van der Waals surface area contributed by atoms with E-state index in [0.29, 0.717) is 23.2 Å². The quantitative estimate of drug-likeness (QED) is 0.362. The first-order valence-corrected chi connectivity index (χ1v) is 11.9. The fourth-order valence-electron chi connectivity index (χ4n) is 5.36. The SMILES string of the molecule is CC1CC2CC(CC(C)(C(N)=O)C2)C1NC(=O)C(C)(C)N(C)Sc1ccccc1[N+](=O)[O-]. The number of fused-ring (bicyclic) bond motifs is 2. The van der Waals surface area contributed by atoms with Crippen molar-refractivity contribution in [1.82, 2.24) is 9.62 Å². The van der Waals surface area contributed by atoms with Gasteiger partial charge in [0.1, 0.15) is 10.4 Å². The number of carbonyl (C=O) groups excluding carboxylic acids is 2. The molecule has 0 spiro atoms. The van der Waals surface area contributed by atoms with E-state index in [1.54, 1.807) is 29.6 Å². The molecule has 2 fully saturated rings. The maximum absolute atomic E-state index is 13.4. The van der Waals surface area contributed by atoms with Crippen molar-refractivity contribution in [2.24, 2.45) is 28.9 Å². The van der Waals surface area contributed by atoms with Gasteiger partial charge in [0.25, 0.3) is 5.69 Å². The summed E-state index contributed by atoms with van der Waals surface area (Å²) in [6.45, 7) is 7.74. The number of rotatable bonds is 7. The minimum Gasteiger partial charge on any atom is -0.369 e. The minimum atomic E-state index is -0.910. The number of amides is 2. The first-order valence-electron chi connectivity index (χ1n) is 11.1. The van der Waals surface area contributed by atoms with Crippen LogP contribution in [-0.2, 0) is 9.59 Å². The molecular formula is C23H34N4O4S. The molecule has 32 heavy (non-hydrogen) atoms. The largest absolute Gasteiger partial charge is 0.369 e. The molecule has 2 amide bonds. The van der Waals surface area contributed by atoms with Gasteiger partial charge in [0, 0.05) is 17.5 Å². The van der Waals surface area contributed by atoms with E-state index in [4.69, 9.17) is 5.73 Å². The van der Waals surface area contributed by atoms with Crippen molar-refractivity contribution in [2.75, 3.05) is 7.05 Å². The molecule has 0 radical (unpaired) electrons. The minimum absolute atomic E-state index is 0.0143. The Morgan fingerprint density at radius 2 is 1.94 bits per heavy atom. The summed E-state index contributed by atoms with van der Waals surface area (Å²) in [4.78, 5) is 36.9. The second-order valence-electron chi connectivity index (χ2n) is 10.3. The van der Waals surface area contributed by atoms with Gasteiger partial charge in [-0.05, 0) is 82.3 Å². The van der Waals surface area contributed by atoms with Crippen LogP contribution in [0, 0.1) is 33.3 Å². The second kappa shape index (κ2) is 9.02. The number of nitrogens with zero attached hydrogens (tertiary/aromatic N) is 2. The van der Waals surface area contributed by atoms with Gasteiger partial charge in [-0.2, -0.15) is 0 Å². The van der Waals surface area contributed by atoms with Gasteiger partial charge in [-0.15, -0.1) is 0 Å². The summed E-state index contributed by atoms with van der Waals surface area (Å²) < 4.78 is 1.76. The van der Waals surface area contributed by atoms with E-state index in [2.05, 4.69) is 12.2 Å². The predicted molar refractivity (Wildman–Crippen MR) is 125 cm³/mol. The number of benzene rings is 1. The molecule has 3 N–H and O–H groups in total. The molecule has 1 aromatic carbocycles. The van der Waals surface area contributed by atoms with Crippen molar-refractivity contribution < 1.29 is 14.5 Å². The molecule has 1 aromatic rings. The highest BCUT2D eigenvalue weighted by Gasteiger charge is 2.49. The first kappa shape index (κ1) is 24.5. The summed E-state index contributed by atoms with van der Waals surface area (Å²) >= 11 is 1.19. The molecule has 2 saturated carbocycles. The zero-order chi connectivity index (χ0) is 23.8. The molecule has 0 heterocycles. The van der Waals surface area contributed by atoms with E-state index in [1.165, 1.54) is 18.0 Å². The van der Waals surface area contributed by atoms with E-state index < -0.39 is 15.9 Å². The summed E-state index contributed by atoms with van der Waals surface area (Å²) in [6, 6.07) is 6.49. The molecule has 0 saturated heterocycles. The number of nitro benzene ring substituents is 1. The first-order chi connectivity index (χ1) is 14.8. The zero-order valence-corrected chi connectivity index (χ0v) is 20.3. The van der Waals surface area contributed by atoms with E-state index in [1.807, 2.05) is 20.8 Å². The topological polar surface area (TPSA) is 119 Å². The van der Waals surface area contributed by atoms with Crippen molar-refractivity contribution in [3.8, 4) is 0 Å². The van der Waals surface area contributed by atoms with Crippen molar-refractivity contribution in [2.45, 2.75) is 69.9 Å². The van der Waals surface area contributed by atoms with Crippen LogP contribution >= 0.6 is 11.9 Å². The van der Waals surface area contributed by atoms with Crippen LogP contribution in [0.3, 0.4) is 0 Å². The van der Waals surface area contributed by atoms with Gasteiger partial charge in [-0.25, -0.2) is 4.31 Å². The number of nitrogens with two attached hydrogens (primary N) is 1. The summed E-state index contributed by atoms with van der Waals surface area (Å²) in [6.07, 6.45) is 3.48. The number of primary amides is 1. The fourth-order valence-corrected chi connectivity index (χ4v) is 6.34. The Bertz CT molecular complexity index is 906. The van der Waals surface area contributed by atoms with E-state index in [9.17, 15) is 19.7 Å². The van der Waals surface area contributed by atoms with Crippen LogP contribution in [-0.4, -0.2) is 39.7 Å². The molecule has 5 atom stereocenters. The van der Waals surface area contributed by atoms with Crippen LogP contribution in [0.15, 0.2) is 29.2 Å². The Balaban J connectivity index is 1.73. The van der Waals surface area contributed by atoms with Gasteiger partial charge in [-0.1, -0.05) is 26.0 Å². The highest BCUT2D eigenvalue weighted by Crippen LogP contribution is 2.50. The molecule has 0 aliphatic heterocycles. The number of nitro groups is 1. The van der Waals surface area contributed by atoms with E-state index in [-0.39, 0.29) is 29.5 Å². The molecule has 2 aliphatic rings. The smallest absolute Gasteiger partial charge is 0.284 e. The van der Waals surface area contributed by atoms with Crippen molar-refractivity contribution >= 4 is 29.4 Å². The summed E-state index contributed by atoms with van der Waals surface area (Å²) in [5.41, 5.74) is 4.30. The van der Waals surface area contributed by atoms with Gasteiger partial charge in [0.15, 0.2) is 0 Å². The zero-order valence-electron chi connectivity index (χ0n) is 19.5. The van der Waals surface area contributed by atoms with Crippen molar-refractivity contribution in [1.29, 1.82) is 0 Å².